The average molecular weight is 118 g/mol. The summed E-state index contributed by atoms with van der Waals surface area (Å²) < 4.78 is 0. The molecule has 0 aromatic heterocycles. The van der Waals surface area contributed by atoms with E-state index in [-0.39, 0.29) is 7.43 Å². The molecule has 0 fully saturated rings. The van der Waals surface area contributed by atoms with Crippen LogP contribution in [0.15, 0.2) is 0 Å². The van der Waals surface area contributed by atoms with E-state index in [4.69, 9.17) is 0 Å². The van der Waals surface area contributed by atoms with Crippen LogP contribution in [0, 0.1) is 0 Å². The molecule has 0 radical (unpaired) electrons. The van der Waals surface area contributed by atoms with E-state index in [9.17, 15) is 0 Å². The summed E-state index contributed by atoms with van der Waals surface area (Å²) in [7, 11) is 6.10. The molecule has 0 aliphatic rings. The molecular weight excluding hydrogens is 100 g/mol. The molecule has 0 atom stereocenters. The van der Waals surface area contributed by atoms with Crippen molar-refractivity contribution in [3.8, 4) is 0 Å². The molecule has 0 bridgehead atoms. The van der Waals surface area contributed by atoms with E-state index in [1.54, 1.807) is 0 Å². The Labute approximate surface area is 52.9 Å². The Hall–Kier alpha value is -0.0800. The fourth-order valence-corrected chi connectivity index (χ4v) is 0.335. The highest BCUT2D eigenvalue weighted by Gasteiger charge is 1.82. The second kappa shape index (κ2) is 6.92. The van der Waals surface area contributed by atoms with Crippen molar-refractivity contribution in [1.29, 1.82) is 0 Å². The molecule has 0 aromatic carbocycles. The lowest BCUT2D eigenvalue weighted by molar-refractivity contribution is 0.407. The highest BCUT2D eigenvalue weighted by molar-refractivity contribution is 4.42. The van der Waals surface area contributed by atoms with Crippen LogP contribution in [-0.4, -0.2) is 39.1 Å². The Morgan fingerprint density at radius 1 is 1.38 bits per heavy atom. The topological polar surface area (TPSA) is 15.3 Å². The second-order valence-corrected chi connectivity index (χ2v) is 1.91. The van der Waals surface area contributed by atoms with Crippen molar-refractivity contribution in [2.45, 2.75) is 7.43 Å². The lowest BCUT2D eigenvalue weighted by Gasteiger charge is -2.06. The van der Waals surface area contributed by atoms with E-state index in [1.807, 2.05) is 7.05 Å². The van der Waals surface area contributed by atoms with Gasteiger partial charge in [-0.2, -0.15) is 0 Å². The number of nitrogens with one attached hydrogen (secondary N) is 1. The van der Waals surface area contributed by atoms with Gasteiger partial charge in [-0.05, 0) is 21.1 Å². The minimum Gasteiger partial charge on any atom is -0.318 e. The summed E-state index contributed by atoms with van der Waals surface area (Å²) in [4.78, 5) is 2.15. The number of likely N-dealkylation sites (N-methyl/N-ethyl adjacent to an activating group) is 2. The zero-order chi connectivity index (χ0) is 5.70. The summed E-state index contributed by atoms with van der Waals surface area (Å²) in [5, 5.41) is 3.06. The molecule has 0 amide bonds. The number of hydrogen-bond donors (Lipinski definition) is 1. The third-order valence-corrected chi connectivity index (χ3v) is 0.809. The number of rotatable bonds is 3. The van der Waals surface area contributed by atoms with Gasteiger partial charge < -0.3 is 10.2 Å². The Balaban J connectivity index is 0. The van der Waals surface area contributed by atoms with Gasteiger partial charge in [0, 0.05) is 13.1 Å². The molecule has 0 saturated heterocycles. The van der Waals surface area contributed by atoms with Crippen molar-refractivity contribution in [2.75, 3.05) is 34.2 Å². The van der Waals surface area contributed by atoms with Crippen LogP contribution in [0.2, 0.25) is 0 Å². The molecule has 0 rings (SSSR count). The Morgan fingerprint density at radius 3 is 2.00 bits per heavy atom. The van der Waals surface area contributed by atoms with Crippen molar-refractivity contribution >= 4 is 0 Å². The Kier molecular flexibility index (Phi) is 9.36. The van der Waals surface area contributed by atoms with E-state index in [0.717, 1.165) is 13.1 Å². The van der Waals surface area contributed by atoms with Crippen LogP contribution in [-0.2, 0) is 0 Å². The molecule has 0 heterocycles. The Morgan fingerprint density at radius 2 is 1.88 bits per heavy atom. The standard InChI is InChI=1S/C5H14N2.CH4/c1-6-4-5-7(2)3;/h6H,4-5H2,1-3H3;1H4. The van der Waals surface area contributed by atoms with Crippen molar-refractivity contribution in [3.05, 3.63) is 0 Å². The highest BCUT2D eigenvalue weighted by Crippen LogP contribution is 1.66. The first kappa shape index (κ1) is 10.8. The average Bonchev–Trinajstić information content (AvgIpc) is 1.61. The van der Waals surface area contributed by atoms with E-state index in [0.29, 0.717) is 0 Å². The molecule has 0 saturated carbocycles. The molecule has 0 aromatic rings. The molecular formula is C6H18N2. The van der Waals surface area contributed by atoms with Crippen molar-refractivity contribution in [1.82, 2.24) is 10.2 Å². The van der Waals surface area contributed by atoms with Crippen LogP contribution < -0.4 is 5.32 Å². The minimum atomic E-state index is 0. The summed E-state index contributed by atoms with van der Waals surface area (Å²) in [6.07, 6.45) is 0. The summed E-state index contributed by atoms with van der Waals surface area (Å²) in [6, 6.07) is 0. The van der Waals surface area contributed by atoms with Crippen LogP contribution in [0.25, 0.3) is 0 Å². The normalized spacial score (nSPS) is 9.00. The van der Waals surface area contributed by atoms with Crippen LogP contribution in [0.4, 0.5) is 0 Å². The van der Waals surface area contributed by atoms with Gasteiger partial charge in [0.25, 0.3) is 0 Å². The first-order valence-corrected chi connectivity index (χ1v) is 2.56. The number of hydrogen-bond acceptors (Lipinski definition) is 2. The fraction of sp³-hybridized carbons (Fsp3) is 1.00. The maximum absolute atomic E-state index is 3.06. The number of nitrogens with zero attached hydrogens (tertiary/aromatic N) is 1. The van der Waals surface area contributed by atoms with Gasteiger partial charge in [-0.3, -0.25) is 0 Å². The van der Waals surface area contributed by atoms with Gasteiger partial charge in [-0.15, -0.1) is 0 Å². The van der Waals surface area contributed by atoms with E-state index < -0.39 is 0 Å². The van der Waals surface area contributed by atoms with Gasteiger partial charge in [-0.25, -0.2) is 0 Å². The van der Waals surface area contributed by atoms with Crippen LogP contribution in [0.5, 0.6) is 0 Å². The van der Waals surface area contributed by atoms with Crippen molar-refractivity contribution in [3.63, 3.8) is 0 Å². The zero-order valence-corrected chi connectivity index (χ0v) is 5.36. The largest absolute Gasteiger partial charge is 0.318 e. The third kappa shape index (κ3) is 9.33. The predicted octanol–water partition coefficient (Wildman–Crippen LogP) is 0.403. The van der Waals surface area contributed by atoms with Gasteiger partial charge >= 0.3 is 0 Å². The summed E-state index contributed by atoms with van der Waals surface area (Å²) in [5.74, 6) is 0. The van der Waals surface area contributed by atoms with E-state index in [1.165, 1.54) is 0 Å². The zero-order valence-electron chi connectivity index (χ0n) is 5.36. The minimum absolute atomic E-state index is 0. The Bertz CT molecular complexity index is 35.5. The van der Waals surface area contributed by atoms with Gasteiger partial charge in [-0.1, -0.05) is 7.43 Å². The molecule has 0 aliphatic heterocycles. The van der Waals surface area contributed by atoms with Crippen LogP contribution >= 0.6 is 0 Å². The van der Waals surface area contributed by atoms with Gasteiger partial charge in [0.1, 0.15) is 0 Å². The quantitative estimate of drug-likeness (QED) is 0.577. The van der Waals surface area contributed by atoms with Crippen molar-refractivity contribution < 1.29 is 0 Å². The second-order valence-electron chi connectivity index (χ2n) is 1.91. The lowest BCUT2D eigenvalue weighted by atomic mass is 10.6. The molecule has 8 heavy (non-hydrogen) atoms. The maximum Gasteiger partial charge on any atom is 0.0101 e. The van der Waals surface area contributed by atoms with Crippen LogP contribution in [0.1, 0.15) is 7.43 Å². The first-order valence-electron chi connectivity index (χ1n) is 2.56. The molecule has 52 valence electrons. The van der Waals surface area contributed by atoms with Crippen LogP contribution in [0.3, 0.4) is 0 Å². The summed E-state index contributed by atoms with van der Waals surface area (Å²) in [6.45, 7) is 2.20. The molecule has 2 heteroatoms. The highest BCUT2D eigenvalue weighted by atomic mass is 15.1. The smallest absolute Gasteiger partial charge is 0.0101 e. The summed E-state index contributed by atoms with van der Waals surface area (Å²) >= 11 is 0. The van der Waals surface area contributed by atoms with Gasteiger partial charge in [0.05, 0.1) is 0 Å². The molecule has 1 N–H and O–H groups in total. The third-order valence-electron chi connectivity index (χ3n) is 0.809. The van der Waals surface area contributed by atoms with Crippen molar-refractivity contribution in [2.24, 2.45) is 0 Å². The monoisotopic (exact) mass is 118 g/mol. The van der Waals surface area contributed by atoms with E-state index >= 15 is 0 Å². The molecule has 2 nitrogen and oxygen atoms in total. The SMILES string of the molecule is C.CNCCN(C)C. The van der Waals surface area contributed by atoms with Gasteiger partial charge in [0.15, 0.2) is 0 Å². The van der Waals surface area contributed by atoms with E-state index in [2.05, 4.69) is 24.3 Å². The maximum atomic E-state index is 3.06. The fourth-order valence-electron chi connectivity index (χ4n) is 0.335. The molecule has 0 spiro atoms. The summed E-state index contributed by atoms with van der Waals surface area (Å²) in [5.41, 5.74) is 0. The van der Waals surface area contributed by atoms with Gasteiger partial charge in [0.2, 0.25) is 0 Å². The predicted molar refractivity (Wildman–Crippen MR) is 39.2 cm³/mol. The lowest BCUT2D eigenvalue weighted by Crippen LogP contribution is -2.23. The molecule has 0 unspecified atom stereocenters. The first-order chi connectivity index (χ1) is 3.27. The molecule has 0 aliphatic carbocycles.